The number of rotatable bonds is 4. The van der Waals surface area contributed by atoms with Gasteiger partial charge in [0, 0.05) is 26.2 Å². The van der Waals surface area contributed by atoms with E-state index in [1.54, 1.807) is 20.3 Å². The van der Waals surface area contributed by atoms with E-state index in [-0.39, 0.29) is 11.6 Å². The maximum absolute atomic E-state index is 10.9. The SMILES string of the molecule is COc1ccc(-c2cc(O)c3c(c2)[nH]c2c(O)nc(N4CCNCC4)nc23)cc1OC. The second-order valence-corrected chi connectivity index (χ2v) is 7.42. The fourth-order valence-corrected chi connectivity index (χ4v) is 4.03. The van der Waals surface area contributed by atoms with Gasteiger partial charge in [-0.1, -0.05) is 6.07 Å². The van der Waals surface area contributed by atoms with Crippen LogP contribution in [0, 0.1) is 0 Å². The Kier molecular flexibility index (Phi) is 4.67. The Balaban J connectivity index is 1.65. The number of nitrogens with zero attached hydrogens (tertiary/aromatic N) is 3. The lowest BCUT2D eigenvalue weighted by Gasteiger charge is -2.27. The molecule has 4 aromatic rings. The smallest absolute Gasteiger partial charge is 0.240 e. The molecule has 0 unspecified atom stereocenters. The molecule has 9 heteroatoms. The number of aromatic amines is 1. The van der Waals surface area contributed by atoms with Crippen molar-refractivity contribution in [1.29, 1.82) is 0 Å². The van der Waals surface area contributed by atoms with Crippen molar-refractivity contribution in [3.8, 4) is 34.3 Å². The Bertz CT molecular complexity index is 1280. The van der Waals surface area contributed by atoms with Crippen molar-refractivity contribution >= 4 is 27.9 Å². The van der Waals surface area contributed by atoms with Gasteiger partial charge >= 0.3 is 0 Å². The fraction of sp³-hybridized carbons (Fsp3) is 0.273. The van der Waals surface area contributed by atoms with Crippen LogP contribution in [-0.4, -0.2) is 65.6 Å². The summed E-state index contributed by atoms with van der Waals surface area (Å²) >= 11 is 0. The zero-order valence-corrected chi connectivity index (χ0v) is 17.3. The molecule has 5 rings (SSSR count). The predicted octanol–water partition coefficient (Wildman–Crippen LogP) is 2.62. The number of anilines is 1. The average molecular weight is 421 g/mol. The summed E-state index contributed by atoms with van der Waals surface area (Å²) < 4.78 is 10.7. The number of aromatic hydroxyl groups is 2. The lowest BCUT2D eigenvalue weighted by atomic mass is 10.0. The van der Waals surface area contributed by atoms with Crippen LogP contribution in [0.5, 0.6) is 23.1 Å². The van der Waals surface area contributed by atoms with Crippen LogP contribution in [0.1, 0.15) is 0 Å². The molecule has 0 spiro atoms. The Labute approximate surface area is 178 Å². The van der Waals surface area contributed by atoms with Crippen molar-refractivity contribution in [2.24, 2.45) is 0 Å². The van der Waals surface area contributed by atoms with Gasteiger partial charge in [0.1, 0.15) is 16.8 Å². The van der Waals surface area contributed by atoms with E-state index in [9.17, 15) is 10.2 Å². The molecule has 3 heterocycles. The van der Waals surface area contributed by atoms with Gasteiger partial charge in [0.25, 0.3) is 0 Å². The predicted molar refractivity (Wildman–Crippen MR) is 118 cm³/mol. The third-order valence-electron chi connectivity index (χ3n) is 5.61. The molecule has 1 aliphatic heterocycles. The van der Waals surface area contributed by atoms with Gasteiger partial charge in [-0.05, 0) is 35.4 Å². The standard InChI is InChI=1S/C22H23N5O4/c1-30-16-4-3-12(11-17(16)31-2)13-9-14-18(15(28)10-13)19-20(24-14)21(29)26-22(25-19)27-7-5-23-6-8-27/h3-4,9-11,23-24,28H,5-8H2,1-2H3,(H,25,26,29). The Morgan fingerprint density at radius 2 is 1.71 bits per heavy atom. The first-order valence-corrected chi connectivity index (χ1v) is 10.0. The van der Waals surface area contributed by atoms with Gasteiger partial charge in [-0.2, -0.15) is 4.98 Å². The van der Waals surface area contributed by atoms with Crippen LogP contribution in [0.25, 0.3) is 33.1 Å². The molecule has 0 aliphatic carbocycles. The van der Waals surface area contributed by atoms with Crippen molar-refractivity contribution in [2.75, 3.05) is 45.3 Å². The highest BCUT2D eigenvalue weighted by molar-refractivity contribution is 6.11. The topological polar surface area (TPSA) is 116 Å². The maximum atomic E-state index is 10.9. The van der Waals surface area contributed by atoms with Crippen LogP contribution in [0.3, 0.4) is 0 Å². The number of phenols is 1. The van der Waals surface area contributed by atoms with Crippen LogP contribution in [-0.2, 0) is 0 Å². The van der Waals surface area contributed by atoms with Gasteiger partial charge in [-0.3, -0.25) is 0 Å². The van der Waals surface area contributed by atoms with Gasteiger partial charge < -0.3 is 34.9 Å². The highest BCUT2D eigenvalue weighted by atomic mass is 16.5. The number of benzene rings is 2. The molecule has 2 aromatic carbocycles. The molecule has 0 radical (unpaired) electrons. The molecule has 0 amide bonds. The summed E-state index contributed by atoms with van der Waals surface area (Å²) in [4.78, 5) is 14.1. The second kappa shape index (κ2) is 7.51. The first-order valence-electron chi connectivity index (χ1n) is 10.0. The molecule has 1 aliphatic rings. The Morgan fingerprint density at radius 1 is 0.935 bits per heavy atom. The van der Waals surface area contributed by atoms with Gasteiger partial charge in [0.15, 0.2) is 11.5 Å². The summed E-state index contributed by atoms with van der Waals surface area (Å²) in [6.45, 7) is 3.16. The summed E-state index contributed by atoms with van der Waals surface area (Å²) in [5.41, 5.74) is 3.18. The minimum atomic E-state index is -0.137. The number of piperazine rings is 1. The molecular formula is C22H23N5O4. The molecule has 0 saturated carbocycles. The van der Waals surface area contributed by atoms with Crippen LogP contribution in [0.15, 0.2) is 30.3 Å². The molecule has 2 aromatic heterocycles. The number of H-pyrrole nitrogens is 1. The van der Waals surface area contributed by atoms with Crippen molar-refractivity contribution in [1.82, 2.24) is 20.3 Å². The largest absolute Gasteiger partial charge is 0.507 e. The number of phenolic OH excluding ortho intramolecular Hbond substituents is 1. The normalized spacial score (nSPS) is 14.3. The van der Waals surface area contributed by atoms with Crippen LogP contribution < -0.4 is 19.7 Å². The van der Waals surface area contributed by atoms with E-state index in [1.165, 1.54) is 0 Å². The fourth-order valence-electron chi connectivity index (χ4n) is 4.03. The monoisotopic (exact) mass is 421 g/mol. The van der Waals surface area contributed by atoms with Gasteiger partial charge in [0.2, 0.25) is 11.8 Å². The molecule has 160 valence electrons. The van der Waals surface area contributed by atoms with Crippen LogP contribution >= 0.6 is 0 Å². The minimum absolute atomic E-state index is 0.0675. The zero-order valence-electron chi connectivity index (χ0n) is 17.3. The maximum Gasteiger partial charge on any atom is 0.240 e. The van der Waals surface area contributed by atoms with Crippen molar-refractivity contribution in [3.63, 3.8) is 0 Å². The van der Waals surface area contributed by atoms with E-state index in [4.69, 9.17) is 9.47 Å². The number of hydrogen-bond donors (Lipinski definition) is 4. The summed E-state index contributed by atoms with van der Waals surface area (Å²) in [7, 11) is 3.17. The van der Waals surface area contributed by atoms with E-state index in [0.29, 0.717) is 39.4 Å². The third-order valence-corrected chi connectivity index (χ3v) is 5.61. The average Bonchev–Trinajstić information content (AvgIpc) is 3.19. The van der Waals surface area contributed by atoms with E-state index in [1.807, 2.05) is 29.2 Å². The van der Waals surface area contributed by atoms with E-state index in [0.717, 1.165) is 37.3 Å². The van der Waals surface area contributed by atoms with Gasteiger partial charge in [-0.15, -0.1) is 0 Å². The molecule has 0 bridgehead atoms. The number of hydrogen-bond acceptors (Lipinski definition) is 8. The van der Waals surface area contributed by atoms with Gasteiger partial charge in [-0.25, -0.2) is 4.98 Å². The lowest BCUT2D eigenvalue weighted by molar-refractivity contribution is 0.355. The molecule has 4 N–H and O–H groups in total. The number of ether oxygens (including phenoxy) is 2. The number of nitrogens with one attached hydrogen (secondary N) is 2. The number of aromatic nitrogens is 3. The summed E-state index contributed by atoms with van der Waals surface area (Å²) in [5, 5.41) is 25.3. The number of fused-ring (bicyclic) bond motifs is 3. The van der Waals surface area contributed by atoms with Gasteiger partial charge in [0.05, 0.1) is 25.1 Å². The third kappa shape index (κ3) is 3.23. The molecule has 9 nitrogen and oxygen atoms in total. The molecule has 1 fully saturated rings. The Morgan fingerprint density at radius 3 is 2.45 bits per heavy atom. The van der Waals surface area contributed by atoms with Crippen molar-refractivity contribution < 1.29 is 19.7 Å². The highest BCUT2D eigenvalue weighted by Gasteiger charge is 2.20. The molecule has 31 heavy (non-hydrogen) atoms. The first kappa shape index (κ1) is 19.3. The molecule has 0 atom stereocenters. The van der Waals surface area contributed by atoms with E-state index < -0.39 is 0 Å². The quantitative estimate of drug-likeness (QED) is 0.397. The van der Waals surface area contributed by atoms with E-state index in [2.05, 4.69) is 20.3 Å². The minimum Gasteiger partial charge on any atom is -0.507 e. The summed E-state index contributed by atoms with van der Waals surface area (Å²) in [6, 6.07) is 9.15. The van der Waals surface area contributed by atoms with Crippen molar-refractivity contribution in [3.05, 3.63) is 30.3 Å². The summed E-state index contributed by atoms with van der Waals surface area (Å²) in [5.74, 6) is 1.61. The summed E-state index contributed by atoms with van der Waals surface area (Å²) in [6.07, 6.45) is 0. The first-order chi connectivity index (χ1) is 15.1. The van der Waals surface area contributed by atoms with Crippen molar-refractivity contribution in [2.45, 2.75) is 0 Å². The zero-order chi connectivity index (χ0) is 21.5. The second-order valence-electron chi connectivity index (χ2n) is 7.42. The van der Waals surface area contributed by atoms with Crippen LogP contribution in [0.4, 0.5) is 5.95 Å². The molecular weight excluding hydrogens is 398 g/mol. The van der Waals surface area contributed by atoms with E-state index >= 15 is 0 Å². The highest BCUT2D eigenvalue weighted by Crippen LogP contribution is 2.40. The molecule has 1 saturated heterocycles. The lowest BCUT2D eigenvalue weighted by Crippen LogP contribution is -2.44. The number of methoxy groups -OCH3 is 2. The Hall–Kier alpha value is -3.72. The van der Waals surface area contributed by atoms with Crippen LogP contribution in [0.2, 0.25) is 0 Å².